The van der Waals surface area contributed by atoms with E-state index in [1.807, 2.05) is 20.8 Å². The van der Waals surface area contributed by atoms with Crippen molar-refractivity contribution >= 4 is 22.3 Å². The van der Waals surface area contributed by atoms with Crippen molar-refractivity contribution in [3.63, 3.8) is 0 Å². The van der Waals surface area contributed by atoms with Gasteiger partial charge in [-0.1, -0.05) is 32.1 Å². The Hall–Kier alpha value is -1.76. The van der Waals surface area contributed by atoms with Crippen LogP contribution in [-0.2, 0) is 10.2 Å². The van der Waals surface area contributed by atoms with Crippen molar-refractivity contribution in [1.29, 1.82) is 0 Å². The van der Waals surface area contributed by atoms with E-state index >= 15 is 0 Å². The molecule has 0 unspecified atom stereocenters. The molecule has 2 aromatic heterocycles. The maximum absolute atomic E-state index is 11.6. The molecule has 0 amide bonds. The maximum Gasteiger partial charge on any atom is 0.357 e. The largest absolute Gasteiger partial charge is 0.464 e. The number of carbonyl (C=O) groups excluding carboxylic acids is 1. The van der Waals surface area contributed by atoms with E-state index in [2.05, 4.69) is 14.8 Å². The van der Waals surface area contributed by atoms with Crippen molar-refractivity contribution in [1.82, 2.24) is 14.6 Å². The fourth-order valence-corrected chi connectivity index (χ4v) is 2.33. The molecule has 0 radical (unpaired) electrons. The highest BCUT2D eigenvalue weighted by Crippen LogP contribution is 2.26. The monoisotopic (exact) mass is 267 g/mol. The van der Waals surface area contributed by atoms with Gasteiger partial charge >= 0.3 is 5.97 Å². The highest BCUT2D eigenvalue weighted by atomic mass is 32.1. The van der Waals surface area contributed by atoms with Gasteiger partial charge < -0.3 is 4.74 Å². The summed E-state index contributed by atoms with van der Waals surface area (Å²) in [4.78, 5) is 27.3. The number of esters is 1. The third-order valence-electron chi connectivity index (χ3n) is 2.29. The van der Waals surface area contributed by atoms with Crippen LogP contribution in [0.4, 0.5) is 0 Å². The normalized spacial score (nSPS) is 11.8. The Labute approximate surface area is 107 Å². The average Bonchev–Trinajstić information content (AvgIpc) is 2.70. The number of methoxy groups -OCH3 is 1. The molecule has 18 heavy (non-hydrogen) atoms. The number of carbonyl (C=O) groups is 1. The molecule has 7 heteroatoms. The Morgan fingerprint density at radius 2 is 2.11 bits per heavy atom. The van der Waals surface area contributed by atoms with E-state index in [9.17, 15) is 9.59 Å². The van der Waals surface area contributed by atoms with E-state index in [1.54, 1.807) is 0 Å². The zero-order valence-corrected chi connectivity index (χ0v) is 11.4. The van der Waals surface area contributed by atoms with Crippen molar-refractivity contribution in [3.8, 4) is 0 Å². The molecule has 0 aliphatic rings. The van der Waals surface area contributed by atoms with E-state index in [-0.39, 0.29) is 11.1 Å². The molecule has 0 atom stereocenters. The third-order valence-corrected chi connectivity index (χ3v) is 3.62. The summed E-state index contributed by atoms with van der Waals surface area (Å²) in [5.74, 6) is -0.602. The van der Waals surface area contributed by atoms with Gasteiger partial charge in [-0.15, -0.1) is 0 Å². The summed E-state index contributed by atoms with van der Waals surface area (Å²) in [6.45, 7) is 6.00. The summed E-state index contributed by atoms with van der Waals surface area (Å²) in [6.07, 6.45) is 0. The predicted molar refractivity (Wildman–Crippen MR) is 67.2 cm³/mol. The lowest BCUT2D eigenvalue weighted by Crippen LogP contribution is -2.17. The van der Waals surface area contributed by atoms with E-state index < -0.39 is 11.5 Å². The van der Waals surface area contributed by atoms with Gasteiger partial charge in [-0.2, -0.15) is 14.6 Å². The quantitative estimate of drug-likeness (QED) is 0.727. The van der Waals surface area contributed by atoms with Gasteiger partial charge in [0.05, 0.1) is 7.11 Å². The van der Waals surface area contributed by atoms with Crippen LogP contribution >= 0.6 is 11.3 Å². The first-order valence-electron chi connectivity index (χ1n) is 5.32. The summed E-state index contributed by atoms with van der Waals surface area (Å²) in [5.41, 5.74) is -0.548. The summed E-state index contributed by atoms with van der Waals surface area (Å²) < 4.78 is 5.99. The van der Waals surface area contributed by atoms with Crippen LogP contribution in [0.2, 0.25) is 0 Å². The molecule has 2 aromatic rings. The number of hydrogen-bond acceptors (Lipinski definition) is 6. The van der Waals surface area contributed by atoms with Gasteiger partial charge in [0.15, 0.2) is 5.69 Å². The second kappa shape index (κ2) is 4.16. The summed E-state index contributed by atoms with van der Waals surface area (Å²) >= 11 is 1.29. The molecule has 0 saturated carbocycles. The Bertz CT molecular complexity index is 666. The summed E-state index contributed by atoms with van der Waals surface area (Å²) in [6, 6.07) is 1.13. The van der Waals surface area contributed by atoms with E-state index in [4.69, 9.17) is 0 Å². The topological polar surface area (TPSA) is 73.6 Å². The molecular formula is C11H13N3O3S. The van der Waals surface area contributed by atoms with Crippen LogP contribution in [0, 0.1) is 0 Å². The number of rotatable bonds is 1. The third kappa shape index (κ3) is 2.13. The van der Waals surface area contributed by atoms with Crippen LogP contribution in [0.15, 0.2) is 10.9 Å². The van der Waals surface area contributed by atoms with Crippen LogP contribution in [0.5, 0.6) is 0 Å². The zero-order valence-electron chi connectivity index (χ0n) is 10.6. The zero-order chi connectivity index (χ0) is 13.5. The van der Waals surface area contributed by atoms with E-state index in [0.29, 0.717) is 4.96 Å². The predicted octanol–water partition coefficient (Wildman–Crippen LogP) is 1.24. The van der Waals surface area contributed by atoms with Crippen molar-refractivity contribution in [2.75, 3.05) is 7.11 Å². The maximum atomic E-state index is 11.6. The lowest BCUT2D eigenvalue weighted by atomic mass is 9.98. The van der Waals surface area contributed by atoms with Gasteiger partial charge in [0, 0.05) is 11.5 Å². The van der Waals surface area contributed by atoms with Crippen LogP contribution < -0.4 is 5.56 Å². The van der Waals surface area contributed by atoms with Gasteiger partial charge in [0.2, 0.25) is 4.96 Å². The summed E-state index contributed by atoms with van der Waals surface area (Å²) in [7, 11) is 1.26. The first-order chi connectivity index (χ1) is 8.32. The van der Waals surface area contributed by atoms with Gasteiger partial charge in [0.1, 0.15) is 5.01 Å². The SMILES string of the molecule is COC(=O)c1cc(=O)nc2sc(C(C)(C)C)nn12. The molecule has 2 rings (SSSR count). The van der Waals surface area contributed by atoms with Crippen molar-refractivity contribution in [2.45, 2.75) is 26.2 Å². The van der Waals surface area contributed by atoms with Crippen molar-refractivity contribution < 1.29 is 9.53 Å². The highest BCUT2D eigenvalue weighted by molar-refractivity contribution is 7.16. The molecule has 0 N–H and O–H groups in total. The minimum Gasteiger partial charge on any atom is -0.464 e. The molecule has 0 saturated heterocycles. The van der Waals surface area contributed by atoms with Crippen molar-refractivity contribution in [3.05, 3.63) is 27.1 Å². The van der Waals surface area contributed by atoms with Crippen LogP contribution in [0.3, 0.4) is 0 Å². The number of hydrogen-bond donors (Lipinski definition) is 0. The molecule has 96 valence electrons. The average molecular weight is 267 g/mol. The first-order valence-corrected chi connectivity index (χ1v) is 6.14. The van der Waals surface area contributed by atoms with E-state index in [0.717, 1.165) is 11.1 Å². The molecule has 0 bridgehead atoms. The minimum absolute atomic E-state index is 0.0965. The molecule has 6 nitrogen and oxygen atoms in total. The summed E-state index contributed by atoms with van der Waals surface area (Å²) in [5, 5.41) is 5.12. The lowest BCUT2D eigenvalue weighted by molar-refractivity contribution is 0.0590. The molecular weight excluding hydrogens is 254 g/mol. The van der Waals surface area contributed by atoms with Gasteiger partial charge in [-0.25, -0.2) is 4.79 Å². The fraction of sp³-hybridized carbons (Fsp3) is 0.455. The van der Waals surface area contributed by atoms with Gasteiger partial charge in [0.25, 0.3) is 5.56 Å². The molecule has 0 spiro atoms. The first kappa shape index (κ1) is 12.7. The second-order valence-electron chi connectivity index (χ2n) is 4.82. The van der Waals surface area contributed by atoms with Crippen molar-refractivity contribution in [2.24, 2.45) is 0 Å². The Balaban J connectivity index is 2.76. The Kier molecular flexibility index (Phi) is 2.94. The fourth-order valence-electron chi connectivity index (χ4n) is 1.37. The van der Waals surface area contributed by atoms with Crippen LogP contribution in [0.1, 0.15) is 36.3 Å². The molecule has 0 aliphatic carbocycles. The van der Waals surface area contributed by atoms with E-state index in [1.165, 1.54) is 23.0 Å². The molecule has 0 aromatic carbocycles. The number of aromatic nitrogens is 3. The molecule has 0 aliphatic heterocycles. The highest BCUT2D eigenvalue weighted by Gasteiger charge is 2.22. The molecule has 0 fully saturated rings. The lowest BCUT2D eigenvalue weighted by Gasteiger charge is -2.12. The van der Waals surface area contributed by atoms with Crippen LogP contribution in [-0.4, -0.2) is 27.7 Å². The standard InChI is InChI=1S/C11H13N3O3S/c1-11(2,3)9-13-14-6(8(16)17-4)5-7(15)12-10(14)18-9/h5H,1-4H3. The number of ether oxygens (including phenoxy) is 1. The van der Waals surface area contributed by atoms with Gasteiger partial charge in [-0.05, 0) is 0 Å². The number of fused-ring (bicyclic) bond motifs is 1. The smallest absolute Gasteiger partial charge is 0.357 e. The second-order valence-corrected chi connectivity index (χ2v) is 5.78. The number of nitrogens with zero attached hydrogens (tertiary/aromatic N) is 3. The molecule has 2 heterocycles. The van der Waals surface area contributed by atoms with Gasteiger partial charge in [-0.3, -0.25) is 4.79 Å². The van der Waals surface area contributed by atoms with Crippen LogP contribution in [0.25, 0.3) is 4.96 Å². The Morgan fingerprint density at radius 3 is 2.67 bits per heavy atom. The Morgan fingerprint density at radius 1 is 1.44 bits per heavy atom. The minimum atomic E-state index is -0.602.